The van der Waals surface area contributed by atoms with Gasteiger partial charge in [-0.2, -0.15) is 0 Å². The third kappa shape index (κ3) is 5.50. The number of fused-ring (bicyclic) bond motifs is 1. The molecular weight excluding hydrogens is 398 g/mol. The molecule has 4 rings (SSSR count). The van der Waals surface area contributed by atoms with Crippen molar-refractivity contribution in [3.63, 3.8) is 0 Å². The highest BCUT2D eigenvalue weighted by Crippen LogP contribution is 2.54. The van der Waals surface area contributed by atoms with Gasteiger partial charge >= 0.3 is 12.1 Å². The van der Waals surface area contributed by atoms with Crippen molar-refractivity contribution >= 4 is 12.1 Å². The van der Waals surface area contributed by atoms with E-state index in [1.54, 1.807) is 20.8 Å². The maximum Gasteiger partial charge on any atom is 0.511 e. The minimum absolute atomic E-state index is 0.120. The molecule has 0 spiro atoms. The van der Waals surface area contributed by atoms with Crippen molar-refractivity contribution in [2.75, 3.05) is 13.3 Å². The number of carboxylic acids is 1. The summed E-state index contributed by atoms with van der Waals surface area (Å²) in [6, 6.07) is 7.01. The second-order valence-electron chi connectivity index (χ2n) is 8.91. The van der Waals surface area contributed by atoms with E-state index in [0.717, 1.165) is 24.6 Å². The third-order valence-electron chi connectivity index (χ3n) is 6.66. The summed E-state index contributed by atoms with van der Waals surface area (Å²) in [4.78, 5) is 20.8. The van der Waals surface area contributed by atoms with Crippen molar-refractivity contribution in [1.82, 2.24) is 5.32 Å². The average Bonchev–Trinajstić information content (AvgIpc) is 2.74. The maximum absolute atomic E-state index is 11.5. The van der Waals surface area contributed by atoms with Crippen LogP contribution in [0.4, 0.5) is 4.79 Å². The molecule has 0 radical (unpaired) electrons. The Kier molecular flexibility index (Phi) is 7.81. The Balaban J connectivity index is 0.000000491. The Labute approximate surface area is 184 Å². The first kappa shape index (κ1) is 23.4. The third-order valence-corrected chi connectivity index (χ3v) is 6.66. The lowest BCUT2D eigenvalue weighted by molar-refractivity contribution is -0.136. The highest BCUT2D eigenvalue weighted by atomic mass is 16.8. The smallest absolute Gasteiger partial charge is 0.481 e. The van der Waals surface area contributed by atoms with Crippen LogP contribution in [0.2, 0.25) is 0 Å². The maximum atomic E-state index is 11.5. The van der Waals surface area contributed by atoms with Gasteiger partial charge in [-0.1, -0.05) is 25.8 Å². The van der Waals surface area contributed by atoms with Gasteiger partial charge in [-0.3, -0.25) is 4.79 Å². The molecule has 2 aliphatic carbocycles. The molecule has 2 fully saturated rings. The fourth-order valence-electron chi connectivity index (χ4n) is 5.37. The lowest BCUT2D eigenvalue weighted by atomic mass is 9.53. The Morgan fingerprint density at radius 2 is 2.03 bits per heavy atom. The van der Waals surface area contributed by atoms with E-state index in [-0.39, 0.29) is 19.3 Å². The van der Waals surface area contributed by atoms with Crippen molar-refractivity contribution in [3.8, 4) is 5.75 Å². The normalized spacial score (nSPS) is 25.9. The summed E-state index contributed by atoms with van der Waals surface area (Å²) in [6.45, 7) is 6.17. The Morgan fingerprint density at radius 1 is 1.26 bits per heavy atom. The van der Waals surface area contributed by atoms with Gasteiger partial charge in [0.25, 0.3) is 0 Å². The van der Waals surface area contributed by atoms with Crippen LogP contribution in [0.1, 0.15) is 70.4 Å². The SMILES string of the molecule is CC(C)OC(=O)OCOc1ccc2c(c1)[C@]13CCCC[C@@H]1[C@H](C2)NCC3.CCC(=O)O. The second kappa shape index (κ2) is 10.4. The molecule has 172 valence electrons. The number of ether oxygens (including phenoxy) is 3. The van der Waals surface area contributed by atoms with Gasteiger partial charge in [0.2, 0.25) is 6.79 Å². The molecule has 2 N–H and O–H groups in total. The van der Waals surface area contributed by atoms with Gasteiger partial charge in [0.1, 0.15) is 5.75 Å². The zero-order chi connectivity index (χ0) is 22.4. The van der Waals surface area contributed by atoms with Gasteiger partial charge in [0.15, 0.2) is 0 Å². The molecule has 7 heteroatoms. The number of benzene rings is 1. The van der Waals surface area contributed by atoms with Gasteiger partial charge in [-0.25, -0.2) is 4.79 Å². The van der Waals surface area contributed by atoms with Crippen molar-refractivity contribution in [2.45, 2.75) is 83.3 Å². The summed E-state index contributed by atoms with van der Waals surface area (Å²) in [5, 5.41) is 11.5. The van der Waals surface area contributed by atoms with Crippen LogP contribution in [0.5, 0.6) is 5.75 Å². The van der Waals surface area contributed by atoms with Gasteiger partial charge < -0.3 is 24.6 Å². The van der Waals surface area contributed by atoms with Crippen LogP contribution in [-0.4, -0.2) is 42.7 Å². The standard InChI is InChI=1S/C21H29NO4.C3H6O2/c1-14(2)26-20(23)25-13-24-16-7-6-15-11-19-17-5-3-4-8-21(17,9-10-22-19)18(15)12-16;1-2-3(4)5/h6-7,12,14,17,19,22H,3-5,8-11,13H2,1-2H3;2H2,1H3,(H,4,5)/t17-,19+,21+;/m1./s1. The summed E-state index contributed by atoms with van der Waals surface area (Å²) in [5.74, 6) is 0.770. The summed E-state index contributed by atoms with van der Waals surface area (Å²) in [6.07, 6.45) is 6.93. The molecule has 1 aliphatic heterocycles. The number of hydrogen-bond donors (Lipinski definition) is 2. The van der Waals surface area contributed by atoms with Crippen LogP contribution < -0.4 is 10.1 Å². The van der Waals surface area contributed by atoms with E-state index in [2.05, 4.69) is 17.4 Å². The molecule has 0 amide bonds. The molecule has 31 heavy (non-hydrogen) atoms. The molecule has 0 unspecified atom stereocenters. The minimum Gasteiger partial charge on any atom is -0.481 e. The van der Waals surface area contributed by atoms with E-state index in [1.165, 1.54) is 43.2 Å². The number of hydrogen-bond acceptors (Lipinski definition) is 6. The second-order valence-corrected chi connectivity index (χ2v) is 8.91. The Hall–Kier alpha value is -2.28. The van der Waals surface area contributed by atoms with Crippen molar-refractivity contribution in [3.05, 3.63) is 29.3 Å². The van der Waals surface area contributed by atoms with Crippen molar-refractivity contribution in [1.29, 1.82) is 0 Å². The summed E-state index contributed by atoms with van der Waals surface area (Å²) in [5.41, 5.74) is 3.23. The molecule has 1 saturated heterocycles. The van der Waals surface area contributed by atoms with Crippen LogP contribution in [0, 0.1) is 5.92 Å². The number of carbonyl (C=O) groups excluding carboxylic acids is 1. The summed E-state index contributed by atoms with van der Waals surface area (Å²) in [7, 11) is 0. The lowest BCUT2D eigenvalue weighted by Gasteiger charge is -2.56. The van der Waals surface area contributed by atoms with Crippen LogP contribution in [0.15, 0.2) is 18.2 Å². The van der Waals surface area contributed by atoms with E-state index < -0.39 is 12.1 Å². The van der Waals surface area contributed by atoms with Crippen LogP contribution in [-0.2, 0) is 26.1 Å². The minimum atomic E-state index is -0.745. The molecule has 3 atom stereocenters. The number of aliphatic carboxylic acids is 1. The summed E-state index contributed by atoms with van der Waals surface area (Å²) >= 11 is 0. The molecule has 2 bridgehead atoms. The predicted molar refractivity (Wildman–Crippen MR) is 116 cm³/mol. The average molecular weight is 434 g/mol. The first-order valence-electron chi connectivity index (χ1n) is 11.4. The number of carboxylic acid groups (broad SMARTS) is 1. The van der Waals surface area contributed by atoms with E-state index >= 15 is 0 Å². The quantitative estimate of drug-likeness (QED) is 0.525. The zero-order valence-corrected chi connectivity index (χ0v) is 18.8. The zero-order valence-electron chi connectivity index (χ0n) is 18.8. The van der Waals surface area contributed by atoms with Gasteiger partial charge in [0.05, 0.1) is 6.10 Å². The first-order valence-corrected chi connectivity index (χ1v) is 11.4. The van der Waals surface area contributed by atoms with Crippen LogP contribution in [0.3, 0.4) is 0 Å². The molecule has 3 aliphatic rings. The number of piperidine rings is 1. The largest absolute Gasteiger partial charge is 0.511 e. The molecule has 1 heterocycles. The molecule has 1 aromatic rings. The summed E-state index contributed by atoms with van der Waals surface area (Å²) < 4.78 is 15.6. The Morgan fingerprint density at radius 3 is 2.74 bits per heavy atom. The highest BCUT2D eigenvalue weighted by molar-refractivity contribution is 5.66. The van der Waals surface area contributed by atoms with E-state index in [1.807, 2.05) is 6.07 Å². The van der Waals surface area contributed by atoms with E-state index in [9.17, 15) is 9.59 Å². The van der Waals surface area contributed by atoms with Gasteiger partial charge in [-0.15, -0.1) is 0 Å². The molecule has 0 aromatic heterocycles. The molecule has 7 nitrogen and oxygen atoms in total. The van der Waals surface area contributed by atoms with Gasteiger partial charge in [0, 0.05) is 17.9 Å². The van der Waals surface area contributed by atoms with E-state index in [0.29, 0.717) is 11.5 Å². The van der Waals surface area contributed by atoms with Crippen molar-refractivity contribution in [2.24, 2.45) is 5.92 Å². The van der Waals surface area contributed by atoms with Gasteiger partial charge in [-0.05, 0) is 75.3 Å². The number of rotatable bonds is 5. The van der Waals surface area contributed by atoms with Crippen LogP contribution >= 0.6 is 0 Å². The first-order chi connectivity index (χ1) is 14.9. The fraction of sp³-hybridized carbons (Fsp3) is 0.667. The van der Waals surface area contributed by atoms with Crippen molar-refractivity contribution < 1.29 is 28.9 Å². The lowest BCUT2D eigenvalue weighted by Crippen LogP contribution is -2.59. The monoisotopic (exact) mass is 433 g/mol. The molecule has 1 aromatic carbocycles. The number of carbonyl (C=O) groups is 2. The molecular formula is C24H35NO6. The van der Waals surface area contributed by atoms with E-state index in [4.69, 9.17) is 19.3 Å². The Bertz CT molecular complexity index is 775. The fourth-order valence-corrected chi connectivity index (χ4v) is 5.37. The number of nitrogens with one attached hydrogen (secondary N) is 1. The highest BCUT2D eigenvalue weighted by Gasteiger charge is 2.51. The topological polar surface area (TPSA) is 94.1 Å². The molecule has 1 saturated carbocycles. The van der Waals surface area contributed by atoms with Crippen LogP contribution in [0.25, 0.3) is 0 Å². The predicted octanol–water partition coefficient (Wildman–Crippen LogP) is 4.41.